The fraction of sp³-hybridized carbons (Fsp3) is 0.167. The summed E-state index contributed by atoms with van der Waals surface area (Å²) in [4.78, 5) is 11.7. The van der Waals surface area contributed by atoms with Crippen molar-refractivity contribution >= 4 is 16.9 Å². The maximum Gasteiger partial charge on any atom is 0.337 e. The number of carbonyl (C=O) groups excluding carboxylic acids is 1. The summed E-state index contributed by atoms with van der Waals surface area (Å²) in [5, 5.41) is 1.08. The minimum absolute atomic E-state index is 0.328. The fourth-order valence-electron chi connectivity index (χ4n) is 2.63. The van der Waals surface area contributed by atoms with Gasteiger partial charge in [-0.1, -0.05) is 18.2 Å². The Bertz CT molecular complexity index is 849. The maximum absolute atomic E-state index is 11.7. The Hall–Kier alpha value is -2.75. The van der Waals surface area contributed by atoms with Gasteiger partial charge in [0.05, 0.1) is 19.8 Å². The van der Waals surface area contributed by atoms with E-state index in [0.717, 1.165) is 27.9 Å². The fourth-order valence-corrected chi connectivity index (χ4v) is 2.63. The predicted octanol–water partition coefficient (Wildman–Crippen LogP) is 3.64. The molecule has 112 valence electrons. The minimum Gasteiger partial charge on any atom is -0.497 e. The van der Waals surface area contributed by atoms with Crippen molar-refractivity contribution in [3.8, 4) is 17.0 Å². The maximum atomic E-state index is 11.7. The molecule has 0 N–H and O–H groups in total. The normalized spacial score (nSPS) is 10.7. The molecular formula is C18H17NO3. The molecule has 0 bridgehead atoms. The second kappa shape index (κ2) is 5.56. The summed E-state index contributed by atoms with van der Waals surface area (Å²) in [7, 11) is 5.03. The number of nitrogens with zero attached hydrogens (tertiary/aromatic N) is 1. The lowest BCUT2D eigenvalue weighted by atomic mass is 10.1. The number of fused-ring (bicyclic) bond motifs is 1. The van der Waals surface area contributed by atoms with E-state index in [4.69, 9.17) is 9.47 Å². The van der Waals surface area contributed by atoms with E-state index in [1.165, 1.54) is 7.11 Å². The molecule has 22 heavy (non-hydrogen) atoms. The quantitative estimate of drug-likeness (QED) is 0.693. The van der Waals surface area contributed by atoms with Crippen LogP contribution in [0.3, 0.4) is 0 Å². The lowest BCUT2D eigenvalue weighted by Gasteiger charge is -2.07. The molecule has 0 fully saturated rings. The van der Waals surface area contributed by atoms with Gasteiger partial charge in [0.2, 0.25) is 0 Å². The average molecular weight is 295 g/mol. The first-order valence-corrected chi connectivity index (χ1v) is 6.96. The molecule has 0 radical (unpaired) electrons. The van der Waals surface area contributed by atoms with Crippen molar-refractivity contribution in [2.75, 3.05) is 14.2 Å². The van der Waals surface area contributed by atoms with Gasteiger partial charge in [-0.3, -0.25) is 0 Å². The number of esters is 1. The number of ether oxygens (including phenoxy) is 2. The smallest absolute Gasteiger partial charge is 0.337 e. The number of aryl methyl sites for hydroxylation is 1. The first-order chi connectivity index (χ1) is 10.6. The zero-order valence-corrected chi connectivity index (χ0v) is 12.8. The lowest BCUT2D eigenvalue weighted by Crippen LogP contribution is -2.01. The van der Waals surface area contributed by atoms with E-state index in [1.807, 2.05) is 43.4 Å². The van der Waals surface area contributed by atoms with E-state index in [9.17, 15) is 4.79 Å². The van der Waals surface area contributed by atoms with Crippen LogP contribution in [0.1, 0.15) is 10.4 Å². The molecule has 1 aromatic heterocycles. The Morgan fingerprint density at radius 3 is 2.59 bits per heavy atom. The molecule has 0 saturated heterocycles. The van der Waals surface area contributed by atoms with E-state index in [0.29, 0.717) is 5.56 Å². The third-order valence-electron chi connectivity index (χ3n) is 3.83. The van der Waals surface area contributed by atoms with Crippen molar-refractivity contribution < 1.29 is 14.3 Å². The highest BCUT2D eigenvalue weighted by Crippen LogP contribution is 2.30. The SMILES string of the molecule is COC(=O)c1ccc2cc(-c3cccc(OC)c3)n(C)c2c1. The van der Waals surface area contributed by atoms with E-state index in [2.05, 4.69) is 10.6 Å². The standard InChI is InChI=1S/C18H17NO3/c1-19-16(12-5-4-6-15(9-12)21-2)10-13-7-8-14(11-17(13)19)18(20)22-3/h4-11H,1-3H3. The molecule has 0 spiro atoms. The van der Waals surface area contributed by atoms with Crippen LogP contribution in [0, 0.1) is 0 Å². The van der Waals surface area contributed by atoms with Crippen molar-refractivity contribution in [1.82, 2.24) is 4.57 Å². The average Bonchev–Trinajstić information content (AvgIpc) is 2.90. The van der Waals surface area contributed by atoms with Gasteiger partial charge in [-0.15, -0.1) is 0 Å². The molecule has 4 nitrogen and oxygen atoms in total. The molecule has 0 aliphatic rings. The van der Waals surface area contributed by atoms with Crippen LogP contribution in [0.15, 0.2) is 48.5 Å². The summed E-state index contributed by atoms with van der Waals surface area (Å²) in [6.45, 7) is 0. The first-order valence-electron chi connectivity index (χ1n) is 6.96. The lowest BCUT2D eigenvalue weighted by molar-refractivity contribution is 0.0601. The molecule has 0 unspecified atom stereocenters. The predicted molar refractivity (Wildman–Crippen MR) is 86.2 cm³/mol. The Balaban J connectivity index is 2.15. The second-order valence-electron chi connectivity index (χ2n) is 5.09. The third-order valence-corrected chi connectivity index (χ3v) is 3.83. The van der Waals surface area contributed by atoms with Gasteiger partial charge in [-0.2, -0.15) is 0 Å². The summed E-state index contributed by atoms with van der Waals surface area (Å²) in [6.07, 6.45) is 0. The molecule has 0 aliphatic heterocycles. The van der Waals surface area contributed by atoms with Gasteiger partial charge in [0.25, 0.3) is 0 Å². The van der Waals surface area contributed by atoms with Crippen LogP contribution in [0.2, 0.25) is 0 Å². The second-order valence-corrected chi connectivity index (χ2v) is 5.09. The number of methoxy groups -OCH3 is 2. The Morgan fingerprint density at radius 2 is 1.86 bits per heavy atom. The monoisotopic (exact) mass is 295 g/mol. The first kappa shape index (κ1) is 14.2. The van der Waals surface area contributed by atoms with E-state index < -0.39 is 0 Å². The number of benzene rings is 2. The Kier molecular flexibility index (Phi) is 3.59. The van der Waals surface area contributed by atoms with Gasteiger partial charge < -0.3 is 14.0 Å². The summed E-state index contributed by atoms with van der Waals surface area (Å²) < 4.78 is 12.1. The summed E-state index contributed by atoms with van der Waals surface area (Å²) in [6, 6.07) is 15.6. The van der Waals surface area contributed by atoms with Crippen molar-refractivity contribution in [3.63, 3.8) is 0 Å². The number of carbonyl (C=O) groups is 1. The van der Waals surface area contributed by atoms with Gasteiger partial charge in [-0.05, 0) is 30.3 Å². The molecule has 3 rings (SSSR count). The minimum atomic E-state index is -0.328. The van der Waals surface area contributed by atoms with Crippen LogP contribution in [0.4, 0.5) is 0 Å². The molecule has 0 amide bonds. The van der Waals surface area contributed by atoms with Crippen molar-refractivity contribution in [1.29, 1.82) is 0 Å². The van der Waals surface area contributed by atoms with Crippen molar-refractivity contribution in [2.45, 2.75) is 0 Å². The van der Waals surface area contributed by atoms with Gasteiger partial charge >= 0.3 is 5.97 Å². The summed E-state index contributed by atoms with van der Waals surface area (Å²) in [5.74, 6) is 0.490. The highest BCUT2D eigenvalue weighted by atomic mass is 16.5. The number of hydrogen-bond acceptors (Lipinski definition) is 3. The Labute approximate surface area is 128 Å². The topological polar surface area (TPSA) is 40.5 Å². The van der Waals surface area contributed by atoms with Gasteiger partial charge in [0.1, 0.15) is 5.75 Å². The highest BCUT2D eigenvalue weighted by molar-refractivity contribution is 5.96. The van der Waals surface area contributed by atoms with Gasteiger partial charge in [0, 0.05) is 29.2 Å². The largest absolute Gasteiger partial charge is 0.497 e. The van der Waals surface area contributed by atoms with E-state index in [1.54, 1.807) is 13.2 Å². The number of aromatic nitrogens is 1. The summed E-state index contributed by atoms with van der Waals surface area (Å²) in [5.41, 5.74) is 3.67. The van der Waals surface area contributed by atoms with Crippen LogP contribution in [-0.2, 0) is 11.8 Å². The van der Waals surface area contributed by atoms with Crippen LogP contribution >= 0.6 is 0 Å². The van der Waals surface area contributed by atoms with Crippen LogP contribution in [0.25, 0.3) is 22.2 Å². The molecule has 0 saturated carbocycles. The van der Waals surface area contributed by atoms with Crippen LogP contribution in [-0.4, -0.2) is 24.8 Å². The van der Waals surface area contributed by atoms with E-state index >= 15 is 0 Å². The zero-order valence-electron chi connectivity index (χ0n) is 12.8. The van der Waals surface area contributed by atoms with E-state index in [-0.39, 0.29) is 5.97 Å². The molecule has 0 aliphatic carbocycles. The van der Waals surface area contributed by atoms with Gasteiger partial charge in [-0.25, -0.2) is 4.79 Å². The zero-order chi connectivity index (χ0) is 15.7. The summed E-state index contributed by atoms with van der Waals surface area (Å²) >= 11 is 0. The van der Waals surface area contributed by atoms with Crippen molar-refractivity contribution in [2.24, 2.45) is 7.05 Å². The molecule has 1 heterocycles. The molecule has 3 aromatic rings. The van der Waals surface area contributed by atoms with Crippen LogP contribution < -0.4 is 4.74 Å². The van der Waals surface area contributed by atoms with Crippen molar-refractivity contribution in [3.05, 3.63) is 54.1 Å². The van der Waals surface area contributed by atoms with Gasteiger partial charge in [0.15, 0.2) is 0 Å². The molecule has 0 atom stereocenters. The molecule has 2 aromatic carbocycles. The molecule has 4 heteroatoms. The number of hydrogen-bond donors (Lipinski definition) is 0. The van der Waals surface area contributed by atoms with Crippen LogP contribution in [0.5, 0.6) is 5.75 Å². The third kappa shape index (κ3) is 2.33. The highest BCUT2D eigenvalue weighted by Gasteiger charge is 2.12. The number of rotatable bonds is 3. The molecular weight excluding hydrogens is 278 g/mol. The Morgan fingerprint density at radius 1 is 1.05 bits per heavy atom.